The van der Waals surface area contributed by atoms with E-state index in [0.717, 1.165) is 35.6 Å². The fraction of sp³-hybridized carbons (Fsp3) is 0.480. The van der Waals surface area contributed by atoms with Crippen molar-refractivity contribution in [1.82, 2.24) is 0 Å². The summed E-state index contributed by atoms with van der Waals surface area (Å²) >= 11 is 0. The number of ether oxygens (including phenoxy) is 3. The molecule has 3 heterocycles. The molecular formula is C25H28O7. The van der Waals surface area contributed by atoms with Gasteiger partial charge in [0.2, 0.25) is 0 Å². The molecule has 0 saturated carbocycles. The van der Waals surface area contributed by atoms with Gasteiger partial charge in [0.25, 0.3) is 0 Å². The van der Waals surface area contributed by atoms with Crippen LogP contribution >= 0.6 is 0 Å². The third-order valence-electron chi connectivity index (χ3n) is 6.72. The number of aromatic hydroxyl groups is 2. The summed E-state index contributed by atoms with van der Waals surface area (Å²) in [6.45, 7) is 7.77. The maximum absolute atomic E-state index is 12.9. The molecule has 3 aliphatic rings. The highest BCUT2D eigenvalue weighted by Crippen LogP contribution is 2.51. The van der Waals surface area contributed by atoms with E-state index >= 15 is 0 Å². The maximum Gasteiger partial charge on any atom is 0.174 e. The summed E-state index contributed by atoms with van der Waals surface area (Å²) in [6, 6.07) is 4.46. The van der Waals surface area contributed by atoms with Crippen LogP contribution in [0.4, 0.5) is 0 Å². The van der Waals surface area contributed by atoms with Crippen molar-refractivity contribution in [3.05, 3.63) is 40.5 Å². The standard InChI is InChI=1S/C25H28O7/c1-24(2)6-5-12-7-14(15-10-20(29)25(3,4)32-23(15)22(12)31-24)18-11-17(28)21-16(27)8-13(26)9-19(21)30-18/h7-9,18,20,26-27,29H,5-6,10-11H2,1-4H3/t18-,20+/m1/s1. The molecule has 0 radical (unpaired) electrons. The molecule has 3 aliphatic heterocycles. The zero-order valence-corrected chi connectivity index (χ0v) is 18.7. The van der Waals surface area contributed by atoms with Crippen molar-refractivity contribution in [2.24, 2.45) is 0 Å². The van der Waals surface area contributed by atoms with Gasteiger partial charge in [-0.2, -0.15) is 0 Å². The Labute approximate surface area is 186 Å². The lowest BCUT2D eigenvalue weighted by Crippen LogP contribution is -2.47. The van der Waals surface area contributed by atoms with Crippen LogP contribution < -0.4 is 14.2 Å². The lowest BCUT2D eigenvalue weighted by Gasteiger charge is -2.42. The van der Waals surface area contributed by atoms with Crippen LogP contribution in [0, 0.1) is 0 Å². The number of rotatable bonds is 1. The number of aliphatic hydroxyl groups excluding tert-OH is 1. The van der Waals surface area contributed by atoms with Gasteiger partial charge >= 0.3 is 0 Å². The molecule has 0 spiro atoms. The maximum atomic E-state index is 12.9. The van der Waals surface area contributed by atoms with E-state index in [0.29, 0.717) is 17.9 Å². The van der Waals surface area contributed by atoms with Crippen LogP contribution in [-0.2, 0) is 12.8 Å². The molecule has 0 amide bonds. The Bertz CT molecular complexity index is 1130. The predicted octanol–water partition coefficient (Wildman–Crippen LogP) is 3.98. The number of hydrogen-bond acceptors (Lipinski definition) is 7. The summed E-state index contributed by atoms with van der Waals surface area (Å²) in [5.74, 6) is 0.685. The Morgan fingerprint density at radius 3 is 2.50 bits per heavy atom. The van der Waals surface area contributed by atoms with Gasteiger partial charge in [-0.3, -0.25) is 4.79 Å². The number of phenolic OH excluding ortho intramolecular Hbond substituents is 2. The van der Waals surface area contributed by atoms with Gasteiger partial charge in [0, 0.05) is 29.7 Å². The van der Waals surface area contributed by atoms with Crippen LogP contribution in [0.3, 0.4) is 0 Å². The van der Waals surface area contributed by atoms with Gasteiger partial charge in [0.05, 0.1) is 12.5 Å². The second-order valence-corrected chi connectivity index (χ2v) is 10.1. The second-order valence-electron chi connectivity index (χ2n) is 10.1. The van der Waals surface area contributed by atoms with Crippen LogP contribution in [-0.4, -0.2) is 38.4 Å². The molecule has 3 N–H and O–H groups in total. The largest absolute Gasteiger partial charge is 0.508 e. The molecule has 2 aromatic carbocycles. The fourth-order valence-electron chi connectivity index (χ4n) is 4.79. The van der Waals surface area contributed by atoms with Gasteiger partial charge in [-0.25, -0.2) is 0 Å². The zero-order chi connectivity index (χ0) is 23.0. The molecule has 32 heavy (non-hydrogen) atoms. The van der Waals surface area contributed by atoms with Crippen molar-refractivity contribution in [2.75, 3.05) is 0 Å². The SMILES string of the molecule is CC1(C)CCc2cc([C@H]3CC(=O)c4c(O)cc(O)cc4O3)c3c(c2O1)OC(C)(C)[C@@H](O)C3. The van der Waals surface area contributed by atoms with Crippen molar-refractivity contribution in [2.45, 2.75) is 76.8 Å². The Morgan fingerprint density at radius 2 is 1.75 bits per heavy atom. The fourth-order valence-corrected chi connectivity index (χ4v) is 4.79. The quantitative estimate of drug-likeness (QED) is 0.616. The number of carbonyl (C=O) groups is 1. The van der Waals surface area contributed by atoms with E-state index in [9.17, 15) is 20.1 Å². The van der Waals surface area contributed by atoms with Crippen molar-refractivity contribution < 1.29 is 34.3 Å². The summed E-state index contributed by atoms with van der Waals surface area (Å²) in [6.07, 6.45) is 0.599. The topological polar surface area (TPSA) is 105 Å². The Morgan fingerprint density at radius 1 is 1.00 bits per heavy atom. The highest BCUT2D eigenvalue weighted by molar-refractivity contribution is 6.02. The second kappa shape index (κ2) is 6.78. The molecule has 0 aromatic heterocycles. The lowest BCUT2D eigenvalue weighted by molar-refractivity contribution is -0.0464. The van der Waals surface area contributed by atoms with Crippen LogP contribution in [0.2, 0.25) is 0 Å². The number of fused-ring (bicyclic) bond motifs is 4. The number of aliphatic hydroxyl groups is 1. The van der Waals surface area contributed by atoms with Crippen molar-refractivity contribution in [3.8, 4) is 28.7 Å². The Hall–Kier alpha value is -2.93. The van der Waals surface area contributed by atoms with Gasteiger partial charge in [0.1, 0.15) is 40.1 Å². The minimum Gasteiger partial charge on any atom is -0.508 e. The third kappa shape index (κ3) is 3.26. The molecule has 7 heteroatoms. The smallest absolute Gasteiger partial charge is 0.174 e. The van der Waals surface area contributed by atoms with E-state index in [1.165, 1.54) is 6.07 Å². The first-order valence-electron chi connectivity index (χ1n) is 11.0. The molecule has 0 fully saturated rings. The average molecular weight is 440 g/mol. The Kier molecular flexibility index (Phi) is 4.44. The molecule has 170 valence electrons. The van der Waals surface area contributed by atoms with Gasteiger partial charge in [-0.1, -0.05) is 0 Å². The molecule has 0 saturated heterocycles. The summed E-state index contributed by atoms with van der Waals surface area (Å²) < 4.78 is 18.7. The van der Waals surface area contributed by atoms with Crippen LogP contribution in [0.1, 0.15) is 73.7 Å². The highest BCUT2D eigenvalue weighted by atomic mass is 16.6. The zero-order valence-electron chi connectivity index (χ0n) is 18.7. The van der Waals surface area contributed by atoms with Gasteiger partial charge < -0.3 is 29.5 Å². The van der Waals surface area contributed by atoms with E-state index in [2.05, 4.69) is 0 Å². The van der Waals surface area contributed by atoms with Crippen molar-refractivity contribution in [3.63, 3.8) is 0 Å². The molecular weight excluding hydrogens is 412 g/mol. The molecule has 7 nitrogen and oxygen atoms in total. The molecule has 0 aliphatic carbocycles. The van der Waals surface area contributed by atoms with E-state index in [1.54, 1.807) is 0 Å². The lowest BCUT2D eigenvalue weighted by atomic mass is 9.82. The first kappa shape index (κ1) is 20.9. The van der Waals surface area contributed by atoms with Gasteiger partial charge in [-0.15, -0.1) is 0 Å². The van der Waals surface area contributed by atoms with Gasteiger partial charge in [0.15, 0.2) is 17.3 Å². The van der Waals surface area contributed by atoms with E-state index in [-0.39, 0.29) is 40.6 Å². The van der Waals surface area contributed by atoms with Gasteiger partial charge in [-0.05, 0) is 52.2 Å². The minimum atomic E-state index is -0.794. The predicted molar refractivity (Wildman–Crippen MR) is 116 cm³/mol. The third-order valence-corrected chi connectivity index (χ3v) is 6.72. The highest BCUT2D eigenvalue weighted by Gasteiger charge is 2.43. The van der Waals surface area contributed by atoms with Crippen molar-refractivity contribution >= 4 is 5.78 Å². The molecule has 5 rings (SSSR count). The first-order valence-corrected chi connectivity index (χ1v) is 11.0. The average Bonchev–Trinajstić information content (AvgIpc) is 2.67. The summed E-state index contributed by atoms with van der Waals surface area (Å²) in [7, 11) is 0. The van der Waals surface area contributed by atoms with E-state index < -0.39 is 17.8 Å². The number of ketones is 1. The molecule has 2 aromatic rings. The summed E-state index contributed by atoms with van der Waals surface area (Å²) in [5, 5.41) is 30.8. The number of hydrogen-bond donors (Lipinski definition) is 3. The molecule has 0 bridgehead atoms. The van der Waals surface area contributed by atoms with Crippen LogP contribution in [0.25, 0.3) is 0 Å². The molecule has 2 atom stereocenters. The van der Waals surface area contributed by atoms with E-state index in [1.807, 2.05) is 33.8 Å². The molecule has 0 unspecified atom stereocenters. The number of Topliss-reactive ketones (excluding diaryl/α,β-unsaturated/α-hetero) is 1. The minimum absolute atomic E-state index is 0.0302. The van der Waals surface area contributed by atoms with Crippen LogP contribution in [0.5, 0.6) is 28.7 Å². The van der Waals surface area contributed by atoms with Crippen LogP contribution in [0.15, 0.2) is 18.2 Å². The normalized spacial score (nSPS) is 24.8. The number of carbonyl (C=O) groups excluding carboxylic acids is 1. The van der Waals surface area contributed by atoms with E-state index in [4.69, 9.17) is 14.2 Å². The number of benzene rings is 2. The number of phenols is 2. The number of aryl methyl sites for hydroxylation is 1. The summed E-state index contributed by atoms with van der Waals surface area (Å²) in [5.41, 5.74) is 1.45. The Balaban J connectivity index is 1.65. The van der Waals surface area contributed by atoms with Crippen molar-refractivity contribution in [1.29, 1.82) is 0 Å². The summed E-state index contributed by atoms with van der Waals surface area (Å²) in [4.78, 5) is 12.9. The first-order chi connectivity index (χ1) is 14.9. The monoisotopic (exact) mass is 440 g/mol.